The van der Waals surface area contributed by atoms with Gasteiger partial charge in [0.05, 0.1) is 22.5 Å². The minimum atomic E-state index is -4.35. The predicted molar refractivity (Wildman–Crippen MR) is 157 cm³/mol. The van der Waals surface area contributed by atoms with Gasteiger partial charge in [0.2, 0.25) is 15.7 Å². The average Bonchev–Trinajstić information content (AvgIpc) is 3.24. The average molecular weight is 614 g/mol. The summed E-state index contributed by atoms with van der Waals surface area (Å²) < 4.78 is 34.5. The number of nitrogen functional groups attached to an aromatic ring is 1. The van der Waals surface area contributed by atoms with E-state index in [4.69, 9.17) is 33.7 Å². The molecule has 1 aromatic heterocycles. The molecule has 0 aliphatic carbocycles. The highest BCUT2D eigenvalue weighted by Gasteiger charge is 2.40. The molecule has 3 aromatic carbocycles. The molecule has 2 N–H and O–H groups in total. The van der Waals surface area contributed by atoms with Crippen molar-refractivity contribution in [2.45, 2.75) is 22.1 Å². The van der Waals surface area contributed by atoms with Gasteiger partial charge in [-0.25, -0.2) is 13.2 Å². The molecule has 4 aromatic rings. The third kappa shape index (κ3) is 4.83. The van der Waals surface area contributed by atoms with Crippen molar-refractivity contribution in [1.29, 1.82) is 0 Å². The maximum Gasteiger partial charge on any atom is 0.346 e. The first-order valence-corrected chi connectivity index (χ1v) is 15.2. The normalized spacial score (nSPS) is 15.7. The van der Waals surface area contributed by atoms with Crippen molar-refractivity contribution in [1.82, 2.24) is 4.57 Å². The number of sulfone groups is 1. The lowest BCUT2D eigenvalue weighted by molar-refractivity contribution is -0.135. The number of halogens is 2. The van der Waals surface area contributed by atoms with E-state index in [-0.39, 0.29) is 37.7 Å². The van der Waals surface area contributed by atoms with Crippen LogP contribution in [0.4, 0.5) is 5.69 Å². The number of hydrogen-bond donors (Lipinski definition) is 1. The third-order valence-electron chi connectivity index (χ3n) is 6.26. The summed E-state index contributed by atoms with van der Waals surface area (Å²) in [5.74, 6) is -1.35. The Morgan fingerprint density at radius 1 is 1.00 bits per heavy atom. The van der Waals surface area contributed by atoms with Gasteiger partial charge in [-0.05, 0) is 48.4 Å². The predicted octanol–water partition coefficient (Wildman–Crippen LogP) is 4.84. The minimum Gasteiger partial charge on any atom is -0.462 e. The second kappa shape index (κ2) is 11.2. The van der Waals surface area contributed by atoms with Gasteiger partial charge in [0.1, 0.15) is 10.2 Å². The van der Waals surface area contributed by atoms with Crippen LogP contribution in [-0.4, -0.2) is 31.5 Å². The Bertz CT molecular complexity index is 1890. The fraction of sp³-hybridized carbons (Fsp3) is 0.103. The molecule has 1 aliphatic rings. The van der Waals surface area contributed by atoms with Crippen LogP contribution < -0.4 is 16.3 Å². The molecule has 0 radical (unpaired) electrons. The van der Waals surface area contributed by atoms with Crippen LogP contribution in [0, 0.1) is 0 Å². The molecule has 2 heterocycles. The Balaban J connectivity index is 1.96. The first kappa shape index (κ1) is 28.0. The quantitative estimate of drug-likeness (QED) is 0.310. The highest BCUT2D eigenvalue weighted by Crippen LogP contribution is 2.43. The minimum absolute atomic E-state index is 0.0173. The van der Waals surface area contributed by atoms with Gasteiger partial charge in [0, 0.05) is 15.3 Å². The first-order chi connectivity index (χ1) is 19.2. The summed E-state index contributed by atoms with van der Waals surface area (Å²) >= 11 is 13.8. The Morgan fingerprint density at radius 2 is 1.62 bits per heavy atom. The maximum atomic E-state index is 14.2. The Morgan fingerprint density at radius 3 is 2.27 bits per heavy atom. The molecular weight excluding hydrogens is 591 g/mol. The van der Waals surface area contributed by atoms with Crippen LogP contribution in [0.5, 0.6) is 0 Å². The zero-order chi connectivity index (χ0) is 28.6. The highest BCUT2D eigenvalue weighted by molar-refractivity contribution is 8.10. The molecule has 11 heteroatoms. The van der Waals surface area contributed by atoms with Crippen molar-refractivity contribution < 1.29 is 22.7 Å². The molecule has 0 unspecified atom stereocenters. The molecule has 0 saturated carbocycles. The second-order valence-electron chi connectivity index (χ2n) is 8.71. The SMILES string of the molecule is CCOC(=O)C1=c2/c(=C/c3ccccc3Cl)c(N)c(S(=O)(=O)c3ccccc3)n2C(=O)[C@H](c2ccccc2Cl)S1. The number of carbonyl (C=O) groups is 2. The van der Waals surface area contributed by atoms with Gasteiger partial charge in [-0.1, -0.05) is 89.6 Å². The summed E-state index contributed by atoms with van der Waals surface area (Å²) in [6.45, 7) is 1.71. The molecule has 0 fully saturated rings. The van der Waals surface area contributed by atoms with E-state index in [1.807, 2.05) is 0 Å². The smallest absolute Gasteiger partial charge is 0.346 e. The van der Waals surface area contributed by atoms with Crippen LogP contribution in [0.15, 0.2) is 88.8 Å². The van der Waals surface area contributed by atoms with Gasteiger partial charge < -0.3 is 10.5 Å². The number of nitrogens with two attached hydrogens (primary N) is 1. The van der Waals surface area contributed by atoms with Gasteiger partial charge in [-0.3, -0.25) is 9.36 Å². The topological polar surface area (TPSA) is 108 Å². The summed E-state index contributed by atoms with van der Waals surface area (Å²) in [6, 6.07) is 21.2. The Kier molecular flexibility index (Phi) is 7.83. The number of hydrogen-bond acceptors (Lipinski definition) is 7. The zero-order valence-corrected chi connectivity index (χ0v) is 24.2. The van der Waals surface area contributed by atoms with Crippen molar-refractivity contribution in [2.24, 2.45) is 0 Å². The molecule has 5 rings (SSSR count). The van der Waals surface area contributed by atoms with E-state index < -0.39 is 32.0 Å². The third-order valence-corrected chi connectivity index (χ3v) is 10.0. The van der Waals surface area contributed by atoms with Crippen molar-refractivity contribution in [3.63, 3.8) is 0 Å². The standard InChI is InChI=1S/C29H22Cl2N2O5S2/c1-2-38-29(35)26-24-20(16-17-10-6-8-14-21(17)30)23(32)28(40(36,37)18-11-4-3-5-12-18)33(24)27(34)25(39-26)19-13-7-9-15-22(19)31/h3-16,25H,2,32H2,1H3/b20-16+/t25-/m0/s1. The number of esters is 1. The van der Waals surface area contributed by atoms with Crippen LogP contribution in [-0.2, 0) is 19.4 Å². The van der Waals surface area contributed by atoms with Gasteiger partial charge in [0.25, 0.3) is 0 Å². The number of anilines is 1. The highest BCUT2D eigenvalue weighted by atomic mass is 35.5. The first-order valence-electron chi connectivity index (χ1n) is 12.1. The lowest BCUT2D eigenvalue weighted by Crippen LogP contribution is -2.42. The molecule has 0 saturated heterocycles. The van der Waals surface area contributed by atoms with Crippen molar-refractivity contribution in [3.8, 4) is 0 Å². The van der Waals surface area contributed by atoms with Crippen molar-refractivity contribution in [3.05, 3.63) is 111 Å². The summed E-state index contributed by atoms with van der Waals surface area (Å²) in [5, 5.41) is -0.666. The van der Waals surface area contributed by atoms with E-state index in [1.54, 1.807) is 79.7 Å². The zero-order valence-electron chi connectivity index (χ0n) is 21.0. The monoisotopic (exact) mass is 612 g/mol. The molecule has 1 aliphatic heterocycles. The molecule has 0 bridgehead atoms. The Hall–Kier alpha value is -3.50. The number of benzene rings is 3. The number of carbonyl (C=O) groups excluding carboxylic acids is 2. The second-order valence-corrected chi connectivity index (χ2v) is 12.5. The number of aromatic nitrogens is 1. The summed E-state index contributed by atoms with van der Waals surface area (Å²) in [5.41, 5.74) is 7.32. The number of nitrogens with zero attached hydrogens (tertiary/aromatic N) is 1. The molecule has 40 heavy (non-hydrogen) atoms. The molecule has 1 atom stereocenters. The Labute approximate surface area is 244 Å². The van der Waals surface area contributed by atoms with Gasteiger partial charge in [-0.2, -0.15) is 0 Å². The summed E-state index contributed by atoms with van der Waals surface area (Å²) in [4.78, 5) is 27.6. The van der Waals surface area contributed by atoms with Crippen LogP contribution >= 0.6 is 35.0 Å². The van der Waals surface area contributed by atoms with Crippen molar-refractivity contribution >= 4 is 73.3 Å². The van der Waals surface area contributed by atoms with Gasteiger partial charge in [-0.15, -0.1) is 0 Å². The number of ether oxygens (including phenoxy) is 1. The molecule has 204 valence electrons. The lowest BCUT2D eigenvalue weighted by Gasteiger charge is -2.24. The largest absolute Gasteiger partial charge is 0.462 e. The number of fused-ring (bicyclic) bond motifs is 1. The van der Waals surface area contributed by atoms with Crippen LogP contribution in [0.1, 0.15) is 28.1 Å². The van der Waals surface area contributed by atoms with Gasteiger partial charge in [0.15, 0.2) is 5.03 Å². The fourth-order valence-electron chi connectivity index (χ4n) is 4.46. The van der Waals surface area contributed by atoms with Crippen LogP contribution in [0.3, 0.4) is 0 Å². The van der Waals surface area contributed by atoms with Crippen molar-refractivity contribution in [2.75, 3.05) is 12.3 Å². The lowest BCUT2D eigenvalue weighted by atomic mass is 10.1. The maximum absolute atomic E-state index is 14.2. The molecule has 0 spiro atoms. The van der Waals surface area contributed by atoms with E-state index in [0.717, 1.165) is 16.3 Å². The van der Waals surface area contributed by atoms with E-state index in [9.17, 15) is 18.0 Å². The van der Waals surface area contributed by atoms with Crippen LogP contribution in [0.25, 0.3) is 11.0 Å². The van der Waals surface area contributed by atoms with Gasteiger partial charge >= 0.3 is 5.97 Å². The van der Waals surface area contributed by atoms with E-state index in [1.165, 1.54) is 12.1 Å². The molecule has 0 amide bonds. The molecule has 7 nitrogen and oxygen atoms in total. The van der Waals surface area contributed by atoms with E-state index >= 15 is 0 Å². The summed E-state index contributed by atoms with van der Waals surface area (Å²) in [7, 11) is -4.35. The summed E-state index contributed by atoms with van der Waals surface area (Å²) in [6.07, 6.45) is 1.57. The van der Waals surface area contributed by atoms with E-state index in [2.05, 4.69) is 0 Å². The fourth-order valence-corrected chi connectivity index (χ4v) is 7.76. The van der Waals surface area contributed by atoms with E-state index in [0.29, 0.717) is 16.1 Å². The van der Waals surface area contributed by atoms with Crippen LogP contribution in [0.2, 0.25) is 10.0 Å². The number of rotatable bonds is 6. The molecular formula is C29H22Cl2N2O5S2. The number of thioether (sulfide) groups is 1.